The number of aromatic nitrogens is 1. The molecular formula is C17H15NO2. The molecule has 100 valence electrons. The molecule has 0 atom stereocenters. The highest BCUT2D eigenvalue weighted by Crippen LogP contribution is 2.25. The van der Waals surface area contributed by atoms with Gasteiger partial charge in [0, 0.05) is 10.8 Å². The fourth-order valence-corrected chi connectivity index (χ4v) is 2.70. The van der Waals surface area contributed by atoms with Gasteiger partial charge in [-0.15, -0.1) is 0 Å². The number of hydrogen-bond donors (Lipinski definition) is 1. The predicted octanol–water partition coefficient (Wildman–Crippen LogP) is 3.63. The Labute approximate surface area is 116 Å². The number of aliphatic carboxylic acids is 1. The van der Waals surface area contributed by atoms with Gasteiger partial charge in [-0.2, -0.15) is 0 Å². The number of carbonyl (C=O) groups is 1. The molecule has 3 heteroatoms. The van der Waals surface area contributed by atoms with Gasteiger partial charge < -0.3 is 5.11 Å². The molecule has 3 nitrogen and oxygen atoms in total. The summed E-state index contributed by atoms with van der Waals surface area (Å²) in [6.07, 6.45) is 0.000750. The summed E-state index contributed by atoms with van der Waals surface area (Å²) in [7, 11) is 0. The lowest BCUT2D eigenvalue weighted by Crippen LogP contribution is -2.01. The van der Waals surface area contributed by atoms with Crippen LogP contribution in [0.1, 0.15) is 16.7 Å². The average molecular weight is 265 g/mol. The van der Waals surface area contributed by atoms with Crippen LogP contribution in [0.25, 0.3) is 21.8 Å². The van der Waals surface area contributed by atoms with E-state index in [0.29, 0.717) is 0 Å². The van der Waals surface area contributed by atoms with Crippen LogP contribution < -0.4 is 0 Å². The highest BCUT2D eigenvalue weighted by molar-refractivity contribution is 5.96. The third-order valence-electron chi connectivity index (χ3n) is 3.50. The largest absolute Gasteiger partial charge is 0.481 e. The van der Waals surface area contributed by atoms with Gasteiger partial charge in [0.05, 0.1) is 17.5 Å². The van der Waals surface area contributed by atoms with Crippen molar-refractivity contribution >= 4 is 27.8 Å². The number of carboxylic acid groups (broad SMARTS) is 1. The maximum absolute atomic E-state index is 11.0. The van der Waals surface area contributed by atoms with E-state index in [1.54, 1.807) is 0 Å². The standard InChI is InChI=1S/C17H15NO2/c1-10-6-11(2)16-14(7-10)8-12-4-3-5-13(9-15(19)20)17(12)18-16/h3-8H,9H2,1-2H3,(H,19,20). The van der Waals surface area contributed by atoms with Crippen LogP contribution in [0.5, 0.6) is 0 Å². The van der Waals surface area contributed by atoms with Gasteiger partial charge >= 0.3 is 5.97 Å². The monoisotopic (exact) mass is 265 g/mol. The van der Waals surface area contributed by atoms with Crippen molar-refractivity contribution in [2.75, 3.05) is 0 Å². The van der Waals surface area contributed by atoms with E-state index in [1.807, 2.05) is 25.1 Å². The number of aryl methyl sites for hydroxylation is 2. The molecular weight excluding hydrogens is 250 g/mol. The lowest BCUT2D eigenvalue weighted by molar-refractivity contribution is -0.136. The molecule has 1 N–H and O–H groups in total. The molecule has 0 amide bonds. The molecule has 0 radical (unpaired) electrons. The van der Waals surface area contributed by atoms with Crippen molar-refractivity contribution in [2.45, 2.75) is 20.3 Å². The van der Waals surface area contributed by atoms with Crippen molar-refractivity contribution in [3.8, 4) is 0 Å². The number of benzene rings is 2. The van der Waals surface area contributed by atoms with E-state index in [0.717, 1.165) is 32.9 Å². The van der Waals surface area contributed by atoms with Crippen molar-refractivity contribution in [2.24, 2.45) is 0 Å². The van der Waals surface area contributed by atoms with Crippen molar-refractivity contribution in [3.63, 3.8) is 0 Å². The van der Waals surface area contributed by atoms with Gasteiger partial charge in [0.25, 0.3) is 0 Å². The van der Waals surface area contributed by atoms with E-state index < -0.39 is 5.97 Å². The van der Waals surface area contributed by atoms with Crippen LogP contribution in [-0.2, 0) is 11.2 Å². The molecule has 1 aromatic heterocycles. The first-order valence-corrected chi connectivity index (χ1v) is 6.56. The molecule has 0 bridgehead atoms. The summed E-state index contributed by atoms with van der Waals surface area (Å²) >= 11 is 0. The highest BCUT2D eigenvalue weighted by atomic mass is 16.4. The number of pyridine rings is 1. The van der Waals surface area contributed by atoms with Gasteiger partial charge in [-0.05, 0) is 37.1 Å². The Bertz CT molecular complexity index is 837. The van der Waals surface area contributed by atoms with Gasteiger partial charge in [0.1, 0.15) is 0 Å². The van der Waals surface area contributed by atoms with Crippen LogP contribution in [0.3, 0.4) is 0 Å². The molecule has 0 aliphatic heterocycles. The molecule has 20 heavy (non-hydrogen) atoms. The molecule has 3 aromatic rings. The van der Waals surface area contributed by atoms with E-state index in [1.165, 1.54) is 5.56 Å². The van der Waals surface area contributed by atoms with Gasteiger partial charge in [-0.25, -0.2) is 4.98 Å². The molecule has 0 unspecified atom stereocenters. The summed E-state index contributed by atoms with van der Waals surface area (Å²) in [4.78, 5) is 15.7. The van der Waals surface area contributed by atoms with E-state index in [-0.39, 0.29) is 6.42 Å². The topological polar surface area (TPSA) is 50.2 Å². The number of rotatable bonds is 2. The highest BCUT2D eigenvalue weighted by Gasteiger charge is 2.09. The van der Waals surface area contributed by atoms with Gasteiger partial charge in [0.15, 0.2) is 0 Å². The van der Waals surface area contributed by atoms with Crippen LogP contribution in [0.15, 0.2) is 36.4 Å². The van der Waals surface area contributed by atoms with Crippen LogP contribution in [0.2, 0.25) is 0 Å². The smallest absolute Gasteiger partial charge is 0.307 e. The fraction of sp³-hybridized carbons (Fsp3) is 0.176. The second kappa shape index (κ2) is 4.60. The number of nitrogens with zero attached hydrogens (tertiary/aromatic N) is 1. The Balaban J connectivity index is 2.36. The number of carboxylic acids is 1. The summed E-state index contributed by atoms with van der Waals surface area (Å²) in [5.74, 6) is -0.833. The second-order valence-electron chi connectivity index (χ2n) is 5.20. The molecule has 0 spiro atoms. The summed E-state index contributed by atoms with van der Waals surface area (Å²) in [5, 5.41) is 11.1. The van der Waals surface area contributed by atoms with E-state index >= 15 is 0 Å². The third-order valence-corrected chi connectivity index (χ3v) is 3.50. The average Bonchev–Trinajstić information content (AvgIpc) is 2.36. The quantitative estimate of drug-likeness (QED) is 0.720. The molecule has 0 aliphatic carbocycles. The minimum Gasteiger partial charge on any atom is -0.481 e. The van der Waals surface area contributed by atoms with Crippen molar-refractivity contribution in [1.82, 2.24) is 4.98 Å². The van der Waals surface area contributed by atoms with Gasteiger partial charge in [-0.1, -0.05) is 29.8 Å². The van der Waals surface area contributed by atoms with Crippen LogP contribution in [0, 0.1) is 13.8 Å². The first kappa shape index (κ1) is 12.6. The lowest BCUT2D eigenvalue weighted by Gasteiger charge is -2.08. The zero-order valence-electron chi connectivity index (χ0n) is 11.5. The summed E-state index contributed by atoms with van der Waals surface area (Å²) in [6, 6.07) is 12.0. The number of hydrogen-bond acceptors (Lipinski definition) is 2. The van der Waals surface area contributed by atoms with Crippen molar-refractivity contribution < 1.29 is 9.90 Å². The zero-order chi connectivity index (χ0) is 14.3. The van der Waals surface area contributed by atoms with Gasteiger partial charge in [0.2, 0.25) is 0 Å². The molecule has 0 saturated heterocycles. The molecule has 2 aromatic carbocycles. The van der Waals surface area contributed by atoms with E-state index in [4.69, 9.17) is 10.1 Å². The van der Waals surface area contributed by atoms with Crippen molar-refractivity contribution in [3.05, 3.63) is 53.1 Å². The van der Waals surface area contributed by atoms with Gasteiger partial charge in [-0.3, -0.25) is 4.79 Å². The van der Waals surface area contributed by atoms with Crippen molar-refractivity contribution in [1.29, 1.82) is 0 Å². The summed E-state index contributed by atoms with van der Waals surface area (Å²) in [6.45, 7) is 4.10. The second-order valence-corrected chi connectivity index (χ2v) is 5.20. The Morgan fingerprint density at radius 3 is 2.65 bits per heavy atom. The Morgan fingerprint density at radius 2 is 1.90 bits per heavy atom. The van der Waals surface area contributed by atoms with E-state index in [2.05, 4.69) is 25.1 Å². The molecule has 1 heterocycles. The maximum Gasteiger partial charge on any atom is 0.307 e. The third kappa shape index (κ3) is 2.11. The fourth-order valence-electron chi connectivity index (χ4n) is 2.70. The predicted molar refractivity (Wildman–Crippen MR) is 80.1 cm³/mol. The minimum atomic E-state index is -0.833. The molecule has 0 fully saturated rings. The number of fused-ring (bicyclic) bond motifs is 2. The summed E-state index contributed by atoms with van der Waals surface area (Å²) < 4.78 is 0. The van der Waals surface area contributed by atoms with Crippen LogP contribution >= 0.6 is 0 Å². The van der Waals surface area contributed by atoms with Crippen LogP contribution in [0.4, 0.5) is 0 Å². The maximum atomic E-state index is 11.0. The Morgan fingerprint density at radius 1 is 1.10 bits per heavy atom. The normalized spacial score (nSPS) is 11.1. The lowest BCUT2D eigenvalue weighted by atomic mass is 10.0. The molecule has 0 saturated carbocycles. The minimum absolute atomic E-state index is 0.000750. The SMILES string of the molecule is Cc1cc(C)c2nc3c(CC(=O)O)cccc3cc2c1. The van der Waals surface area contributed by atoms with Crippen LogP contribution in [-0.4, -0.2) is 16.1 Å². The Kier molecular flexibility index (Phi) is 2.90. The first-order valence-electron chi connectivity index (χ1n) is 6.56. The first-order chi connectivity index (χ1) is 9.54. The van der Waals surface area contributed by atoms with E-state index in [9.17, 15) is 4.79 Å². The molecule has 0 aliphatic rings. The zero-order valence-corrected chi connectivity index (χ0v) is 11.5. The Hall–Kier alpha value is -2.42. The molecule has 3 rings (SSSR count). The summed E-state index contributed by atoms with van der Waals surface area (Å²) in [5.41, 5.74) is 4.82. The number of para-hydroxylation sites is 1.